The van der Waals surface area contributed by atoms with Crippen molar-refractivity contribution in [3.05, 3.63) is 35.9 Å². The van der Waals surface area contributed by atoms with Gasteiger partial charge in [-0.3, -0.25) is 4.90 Å². The number of hydrogen-bond donors (Lipinski definition) is 0. The number of sulfone groups is 1. The second-order valence-electron chi connectivity index (χ2n) is 4.88. The van der Waals surface area contributed by atoms with Crippen LogP contribution in [0.3, 0.4) is 0 Å². The minimum absolute atomic E-state index is 0.126. The van der Waals surface area contributed by atoms with Gasteiger partial charge in [0.1, 0.15) is 5.25 Å². The van der Waals surface area contributed by atoms with E-state index in [9.17, 15) is 8.42 Å². The van der Waals surface area contributed by atoms with Crippen molar-refractivity contribution < 1.29 is 13.2 Å². The third-order valence-corrected chi connectivity index (χ3v) is 5.95. The van der Waals surface area contributed by atoms with Crippen LogP contribution >= 0.6 is 0 Å². The molecule has 0 aliphatic carbocycles. The van der Waals surface area contributed by atoms with Gasteiger partial charge in [-0.2, -0.15) is 0 Å². The standard InChI is InChI=1S/C13H17NO3S/c15-18(16)10-12(14-6-8-17-9-7-14)13(18)11-4-2-1-3-5-11/h1-5,12-13H,6-10H2/t12-,13-/m0/s1. The molecule has 0 amide bonds. The van der Waals surface area contributed by atoms with Gasteiger partial charge >= 0.3 is 0 Å². The SMILES string of the molecule is O=S1(=O)C[C@H](N2CCOCC2)[C@@H]1c1ccccc1. The molecule has 2 fully saturated rings. The lowest BCUT2D eigenvalue weighted by molar-refractivity contribution is 0.0163. The van der Waals surface area contributed by atoms with Crippen molar-refractivity contribution >= 4 is 9.84 Å². The third-order valence-electron chi connectivity index (χ3n) is 3.78. The Labute approximate surface area is 107 Å². The summed E-state index contributed by atoms with van der Waals surface area (Å²) in [7, 11) is -2.96. The number of ether oxygens (including phenoxy) is 1. The van der Waals surface area contributed by atoms with Crippen molar-refractivity contribution in [1.82, 2.24) is 4.90 Å². The fraction of sp³-hybridized carbons (Fsp3) is 0.538. The monoisotopic (exact) mass is 267 g/mol. The van der Waals surface area contributed by atoms with E-state index in [1.165, 1.54) is 0 Å². The van der Waals surface area contributed by atoms with Gasteiger partial charge in [0.05, 0.1) is 19.0 Å². The first-order valence-electron chi connectivity index (χ1n) is 6.27. The second kappa shape index (κ2) is 4.64. The summed E-state index contributed by atoms with van der Waals surface area (Å²) in [6.45, 7) is 3.09. The molecule has 0 saturated carbocycles. The zero-order chi connectivity index (χ0) is 12.6. The molecule has 0 spiro atoms. The summed E-state index contributed by atoms with van der Waals surface area (Å²) in [5, 5.41) is -0.350. The summed E-state index contributed by atoms with van der Waals surface area (Å²) in [4.78, 5) is 2.25. The van der Waals surface area contributed by atoms with Crippen LogP contribution in [0.25, 0.3) is 0 Å². The van der Waals surface area contributed by atoms with E-state index in [1.54, 1.807) is 0 Å². The van der Waals surface area contributed by atoms with Gasteiger partial charge < -0.3 is 4.74 Å². The summed E-state index contributed by atoms with van der Waals surface area (Å²) in [5.74, 6) is 0.284. The minimum atomic E-state index is -2.96. The van der Waals surface area contributed by atoms with Crippen LogP contribution in [0.15, 0.2) is 30.3 Å². The molecule has 0 bridgehead atoms. The molecule has 1 aromatic rings. The van der Waals surface area contributed by atoms with Gasteiger partial charge in [0, 0.05) is 19.1 Å². The minimum Gasteiger partial charge on any atom is -0.379 e. The first kappa shape index (κ1) is 12.1. The number of benzene rings is 1. The largest absolute Gasteiger partial charge is 0.379 e. The van der Waals surface area contributed by atoms with E-state index in [1.807, 2.05) is 30.3 Å². The van der Waals surface area contributed by atoms with Gasteiger partial charge in [0.2, 0.25) is 0 Å². The molecule has 0 N–H and O–H groups in total. The first-order chi connectivity index (χ1) is 8.68. The van der Waals surface area contributed by atoms with Crippen LogP contribution in [0.1, 0.15) is 10.8 Å². The molecular formula is C13H17NO3S. The zero-order valence-corrected chi connectivity index (χ0v) is 11.0. The molecule has 5 heteroatoms. The smallest absolute Gasteiger partial charge is 0.160 e. The van der Waals surface area contributed by atoms with E-state index in [-0.39, 0.29) is 17.0 Å². The van der Waals surface area contributed by atoms with Gasteiger partial charge in [-0.25, -0.2) is 8.42 Å². The predicted octanol–water partition coefficient (Wildman–Crippen LogP) is 0.857. The van der Waals surface area contributed by atoms with Gasteiger partial charge in [-0.1, -0.05) is 30.3 Å². The number of hydrogen-bond acceptors (Lipinski definition) is 4. The lowest BCUT2D eigenvalue weighted by atomic mass is 10.0. The number of nitrogens with zero attached hydrogens (tertiary/aromatic N) is 1. The molecule has 1 aromatic carbocycles. The molecule has 0 aromatic heterocycles. The van der Waals surface area contributed by atoms with Crippen molar-refractivity contribution in [3.63, 3.8) is 0 Å². The Kier molecular flexibility index (Phi) is 3.13. The van der Waals surface area contributed by atoms with E-state index in [0.717, 1.165) is 18.7 Å². The highest BCUT2D eigenvalue weighted by Crippen LogP contribution is 2.39. The van der Waals surface area contributed by atoms with Gasteiger partial charge in [0.25, 0.3) is 0 Å². The highest BCUT2D eigenvalue weighted by atomic mass is 32.2. The van der Waals surface area contributed by atoms with Gasteiger partial charge in [-0.15, -0.1) is 0 Å². The van der Waals surface area contributed by atoms with Crippen LogP contribution in [0.5, 0.6) is 0 Å². The molecule has 0 radical (unpaired) electrons. The Balaban J connectivity index is 1.84. The van der Waals surface area contributed by atoms with Crippen LogP contribution in [-0.4, -0.2) is 51.4 Å². The van der Waals surface area contributed by atoms with Gasteiger partial charge in [0.15, 0.2) is 9.84 Å². The topological polar surface area (TPSA) is 46.6 Å². The Hall–Kier alpha value is -0.910. The molecule has 2 atom stereocenters. The Morgan fingerprint density at radius 1 is 1.11 bits per heavy atom. The van der Waals surface area contributed by atoms with Gasteiger partial charge in [-0.05, 0) is 5.56 Å². The van der Waals surface area contributed by atoms with Crippen molar-refractivity contribution in [2.45, 2.75) is 11.3 Å². The summed E-state index contributed by atoms with van der Waals surface area (Å²) in [6.07, 6.45) is 0. The molecule has 18 heavy (non-hydrogen) atoms. The van der Waals surface area contributed by atoms with E-state index >= 15 is 0 Å². The molecule has 2 aliphatic rings. The fourth-order valence-electron chi connectivity index (χ4n) is 2.82. The maximum absolute atomic E-state index is 12.0. The average molecular weight is 267 g/mol. The lowest BCUT2D eigenvalue weighted by Gasteiger charge is -2.45. The number of morpholine rings is 1. The summed E-state index contributed by atoms with van der Waals surface area (Å²) in [6, 6.07) is 9.67. The van der Waals surface area contributed by atoms with Crippen molar-refractivity contribution in [2.24, 2.45) is 0 Å². The van der Waals surface area contributed by atoms with E-state index in [2.05, 4.69) is 4.90 Å². The first-order valence-corrected chi connectivity index (χ1v) is 7.98. The van der Waals surface area contributed by atoms with E-state index in [4.69, 9.17) is 4.74 Å². The maximum atomic E-state index is 12.0. The Bertz CT molecular complexity index is 508. The molecule has 0 unspecified atom stereocenters. The van der Waals surface area contributed by atoms with E-state index < -0.39 is 9.84 Å². The van der Waals surface area contributed by atoms with Crippen LogP contribution in [0, 0.1) is 0 Å². The number of rotatable bonds is 2. The lowest BCUT2D eigenvalue weighted by Crippen LogP contribution is -2.58. The normalized spacial score (nSPS) is 31.8. The Morgan fingerprint density at radius 3 is 2.39 bits per heavy atom. The third kappa shape index (κ3) is 2.06. The molecule has 2 heterocycles. The van der Waals surface area contributed by atoms with Crippen molar-refractivity contribution in [1.29, 1.82) is 0 Å². The van der Waals surface area contributed by atoms with Crippen LogP contribution < -0.4 is 0 Å². The summed E-state index contributed by atoms with van der Waals surface area (Å²) < 4.78 is 29.3. The van der Waals surface area contributed by atoms with Crippen LogP contribution in [0.2, 0.25) is 0 Å². The molecule has 2 aliphatic heterocycles. The highest BCUT2D eigenvalue weighted by molar-refractivity contribution is 7.93. The van der Waals surface area contributed by atoms with E-state index in [0.29, 0.717) is 13.2 Å². The molecular weight excluding hydrogens is 250 g/mol. The van der Waals surface area contributed by atoms with Crippen molar-refractivity contribution in [3.8, 4) is 0 Å². The van der Waals surface area contributed by atoms with Crippen molar-refractivity contribution in [2.75, 3.05) is 32.1 Å². The average Bonchev–Trinajstić information content (AvgIpc) is 2.38. The van der Waals surface area contributed by atoms with Crippen LogP contribution in [-0.2, 0) is 14.6 Å². The molecule has 98 valence electrons. The quantitative estimate of drug-likeness (QED) is 0.797. The molecule has 3 rings (SSSR count). The highest BCUT2D eigenvalue weighted by Gasteiger charge is 2.49. The van der Waals surface area contributed by atoms with Crippen LogP contribution in [0.4, 0.5) is 0 Å². The zero-order valence-electron chi connectivity index (χ0n) is 10.2. The Morgan fingerprint density at radius 2 is 1.78 bits per heavy atom. The fourth-order valence-corrected chi connectivity index (χ4v) is 4.87. The molecule has 2 saturated heterocycles. The summed E-state index contributed by atoms with van der Waals surface area (Å²) in [5.41, 5.74) is 0.917. The summed E-state index contributed by atoms with van der Waals surface area (Å²) >= 11 is 0. The molecule has 4 nitrogen and oxygen atoms in total. The maximum Gasteiger partial charge on any atom is 0.160 e. The second-order valence-corrected chi connectivity index (χ2v) is 7.04. The predicted molar refractivity (Wildman–Crippen MR) is 69.1 cm³/mol.